The summed E-state index contributed by atoms with van der Waals surface area (Å²) in [5.41, 5.74) is 0. The van der Waals surface area contributed by atoms with E-state index in [1.165, 1.54) is 20.3 Å². The lowest BCUT2D eigenvalue weighted by atomic mass is 9.99. The number of hydrogen-bond acceptors (Lipinski definition) is 8. The summed E-state index contributed by atoms with van der Waals surface area (Å²) in [6.07, 6.45) is 5.63. The Bertz CT molecular complexity index is 681. The highest BCUT2D eigenvalue weighted by atomic mass is 16.7. The third-order valence-corrected chi connectivity index (χ3v) is 4.68. The van der Waals surface area contributed by atoms with E-state index in [4.69, 9.17) is 23.7 Å². The minimum Gasteiger partial charge on any atom is -0.463 e. The number of ketones is 1. The molecule has 1 heterocycles. The van der Waals surface area contributed by atoms with Crippen molar-refractivity contribution in [2.24, 2.45) is 0 Å². The maximum atomic E-state index is 11.8. The van der Waals surface area contributed by atoms with Crippen LogP contribution in [0, 0.1) is 0 Å². The molecule has 1 fully saturated rings. The molecule has 0 aromatic carbocycles. The lowest BCUT2D eigenvalue weighted by Gasteiger charge is -2.42. The molecule has 1 unspecified atom stereocenters. The zero-order valence-electron chi connectivity index (χ0n) is 18.9. The fraction of sp³-hybridized carbons (Fsp3) is 0.565. The Hall–Kier alpha value is -2.26. The van der Waals surface area contributed by atoms with Crippen LogP contribution in [0.25, 0.3) is 0 Å². The Balaban J connectivity index is 2.88. The average Bonchev–Trinajstić information content (AvgIpc) is 2.74. The van der Waals surface area contributed by atoms with Gasteiger partial charge in [-0.2, -0.15) is 0 Å². The van der Waals surface area contributed by atoms with Gasteiger partial charge in [-0.1, -0.05) is 44.7 Å². The van der Waals surface area contributed by atoms with Gasteiger partial charge in [0.05, 0.1) is 6.10 Å². The van der Waals surface area contributed by atoms with Crippen molar-refractivity contribution in [2.75, 3.05) is 14.2 Å². The van der Waals surface area contributed by atoms with Crippen molar-refractivity contribution < 1.29 is 38.4 Å². The number of aliphatic hydroxyl groups excluding tert-OH is 1. The monoisotopic (exact) mass is 438 g/mol. The van der Waals surface area contributed by atoms with E-state index in [1.807, 2.05) is 0 Å². The molecular formula is C23H34O8. The van der Waals surface area contributed by atoms with E-state index in [9.17, 15) is 14.7 Å². The molecule has 31 heavy (non-hydrogen) atoms. The van der Waals surface area contributed by atoms with Crippen LogP contribution >= 0.6 is 0 Å². The van der Waals surface area contributed by atoms with Crippen molar-refractivity contribution in [1.29, 1.82) is 0 Å². The van der Waals surface area contributed by atoms with Crippen molar-refractivity contribution in [3.05, 3.63) is 48.8 Å². The summed E-state index contributed by atoms with van der Waals surface area (Å²) in [5.74, 6) is -0.291. The van der Waals surface area contributed by atoms with Crippen molar-refractivity contribution in [1.82, 2.24) is 0 Å². The number of carbonyl (C=O) groups is 2. The number of aliphatic hydroxyl groups is 1. The first-order valence-corrected chi connectivity index (χ1v) is 10.3. The quantitative estimate of drug-likeness (QED) is 0.215. The molecule has 0 saturated carbocycles. The molecule has 1 aliphatic heterocycles. The Morgan fingerprint density at radius 2 is 1.71 bits per heavy atom. The molecule has 174 valence electrons. The van der Waals surface area contributed by atoms with E-state index in [0.29, 0.717) is 6.42 Å². The van der Waals surface area contributed by atoms with Gasteiger partial charge >= 0.3 is 5.97 Å². The molecule has 1 aliphatic rings. The summed E-state index contributed by atoms with van der Waals surface area (Å²) < 4.78 is 27.6. The van der Waals surface area contributed by atoms with Gasteiger partial charge in [0.15, 0.2) is 11.9 Å². The molecule has 1 N–H and O–H groups in total. The van der Waals surface area contributed by atoms with E-state index in [0.717, 1.165) is 0 Å². The van der Waals surface area contributed by atoms with Crippen LogP contribution in [0.15, 0.2) is 48.8 Å². The molecule has 1 rings (SSSR count). The molecular weight excluding hydrogens is 404 g/mol. The van der Waals surface area contributed by atoms with Crippen LogP contribution in [-0.4, -0.2) is 67.9 Å². The van der Waals surface area contributed by atoms with Crippen LogP contribution < -0.4 is 0 Å². The van der Waals surface area contributed by atoms with Crippen LogP contribution in [0.2, 0.25) is 0 Å². The summed E-state index contributed by atoms with van der Waals surface area (Å²) in [5, 5.41) is 10.5. The maximum absolute atomic E-state index is 11.8. The minimum absolute atomic E-state index is 0.0254. The zero-order chi connectivity index (χ0) is 23.4. The number of rotatable bonds is 12. The lowest BCUT2D eigenvalue weighted by Crippen LogP contribution is -2.58. The zero-order valence-corrected chi connectivity index (χ0v) is 18.9. The summed E-state index contributed by atoms with van der Waals surface area (Å²) in [6, 6.07) is 0. The van der Waals surface area contributed by atoms with Gasteiger partial charge in [0.2, 0.25) is 6.29 Å². The highest BCUT2D eigenvalue weighted by Gasteiger charge is 2.45. The second kappa shape index (κ2) is 13.9. The maximum Gasteiger partial charge on any atom is 0.306 e. The second-order valence-corrected chi connectivity index (χ2v) is 6.90. The van der Waals surface area contributed by atoms with E-state index in [2.05, 4.69) is 6.58 Å². The van der Waals surface area contributed by atoms with Gasteiger partial charge in [0.1, 0.15) is 24.1 Å². The van der Waals surface area contributed by atoms with E-state index in [1.54, 1.807) is 51.2 Å². The molecule has 0 aliphatic carbocycles. The van der Waals surface area contributed by atoms with Gasteiger partial charge in [-0.05, 0) is 19.1 Å². The van der Waals surface area contributed by atoms with Gasteiger partial charge in [-0.25, -0.2) is 0 Å². The summed E-state index contributed by atoms with van der Waals surface area (Å²) in [7, 11) is 2.90. The predicted molar refractivity (Wildman–Crippen MR) is 115 cm³/mol. The van der Waals surface area contributed by atoms with Crippen molar-refractivity contribution in [3.8, 4) is 0 Å². The highest BCUT2D eigenvalue weighted by molar-refractivity contribution is 5.89. The molecule has 1 saturated heterocycles. The Morgan fingerprint density at radius 1 is 1.06 bits per heavy atom. The molecule has 8 heteroatoms. The largest absolute Gasteiger partial charge is 0.463 e. The number of ether oxygens (including phenoxy) is 5. The van der Waals surface area contributed by atoms with Crippen LogP contribution in [0.5, 0.6) is 0 Å². The molecule has 0 bridgehead atoms. The molecule has 0 aromatic heterocycles. The summed E-state index contributed by atoms with van der Waals surface area (Å²) in [4.78, 5) is 23.1. The number of esters is 1. The van der Waals surface area contributed by atoms with Gasteiger partial charge in [-0.3, -0.25) is 9.59 Å². The SMILES string of the molecule is C=C(O[C@@H]1O[C@H](C)[C@@H](OC)[C@@H](O)[C@H]1OC)C(/C=C/C=C/C=C/C(=O)CC)OC(=O)CC. The van der Waals surface area contributed by atoms with Crippen molar-refractivity contribution in [2.45, 2.75) is 70.4 Å². The Morgan fingerprint density at radius 3 is 2.29 bits per heavy atom. The van der Waals surface area contributed by atoms with Gasteiger partial charge in [-0.15, -0.1) is 0 Å². The van der Waals surface area contributed by atoms with Crippen molar-refractivity contribution >= 4 is 11.8 Å². The third-order valence-electron chi connectivity index (χ3n) is 4.68. The van der Waals surface area contributed by atoms with Gasteiger partial charge in [0.25, 0.3) is 0 Å². The second-order valence-electron chi connectivity index (χ2n) is 6.90. The number of allylic oxidation sites excluding steroid dienone is 5. The predicted octanol–water partition coefficient (Wildman–Crippen LogP) is 2.62. The van der Waals surface area contributed by atoms with Crippen LogP contribution in [0.3, 0.4) is 0 Å². The molecule has 0 aromatic rings. The average molecular weight is 439 g/mol. The first-order chi connectivity index (χ1) is 14.8. The smallest absolute Gasteiger partial charge is 0.306 e. The van der Waals surface area contributed by atoms with Gasteiger partial charge < -0.3 is 28.8 Å². The lowest BCUT2D eigenvalue weighted by molar-refractivity contribution is -0.293. The topological polar surface area (TPSA) is 101 Å². The normalized spacial score (nSPS) is 27.6. The fourth-order valence-corrected chi connectivity index (χ4v) is 2.90. The number of hydrogen-bond donors (Lipinski definition) is 1. The molecule has 0 amide bonds. The Kier molecular flexibility index (Phi) is 12.0. The Labute approximate surface area is 184 Å². The molecule has 0 radical (unpaired) electrons. The summed E-state index contributed by atoms with van der Waals surface area (Å²) >= 11 is 0. The molecule has 0 spiro atoms. The van der Waals surface area contributed by atoms with E-state index in [-0.39, 0.29) is 18.0 Å². The third kappa shape index (κ3) is 8.41. The summed E-state index contributed by atoms with van der Waals surface area (Å²) in [6.45, 7) is 9.07. The van der Waals surface area contributed by atoms with Crippen LogP contribution in [-0.2, 0) is 33.3 Å². The first kappa shape index (κ1) is 26.8. The highest BCUT2D eigenvalue weighted by Crippen LogP contribution is 2.28. The molecule has 6 atom stereocenters. The van der Waals surface area contributed by atoms with Gasteiger partial charge in [0, 0.05) is 27.1 Å². The minimum atomic E-state index is -0.982. The standard InChI is InChI=1S/C23H34O8/c1-7-17(24)13-11-9-10-12-14-18(31-19(25)8-2)15(3)29-23-22(28-6)20(26)21(27-5)16(4)30-23/h9-14,16,18,20-23,26H,3,7-8H2,1-2,4-6H3/b10-9+,13-11+,14-12+/t16-,18?,20-,21-,22-,23-/m1/s1. The number of carbonyl (C=O) groups excluding carboxylic acids is 2. The van der Waals surface area contributed by atoms with Crippen LogP contribution in [0.4, 0.5) is 0 Å². The molecule has 8 nitrogen and oxygen atoms in total. The van der Waals surface area contributed by atoms with E-state index < -0.39 is 42.8 Å². The fourth-order valence-electron chi connectivity index (χ4n) is 2.90. The number of methoxy groups -OCH3 is 2. The van der Waals surface area contributed by atoms with E-state index >= 15 is 0 Å². The van der Waals surface area contributed by atoms with Crippen molar-refractivity contribution in [3.63, 3.8) is 0 Å². The van der Waals surface area contributed by atoms with Crippen LogP contribution in [0.1, 0.15) is 33.6 Å². The first-order valence-electron chi connectivity index (χ1n) is 10.3.